The van der Waals surface area contributed by atoms with Gasteiger partial charge in [-0.2, -0.15) is 0 Å². The molecule has 2 aromatic carbocycles. The lowest BCUT2D eigenvalue weighted by atomic mass is 9.93. The average molecular weight is 445 g/mol. The maximum atomic E-state index is 13.5. The van der Waals surface area contributed by atoms with E-state index < -0.39 is 5.54 Å². The van der Waals surface area contributed by atoms with Crippen LogP contribution in [0.2, 0.25) is 0 Å². The maximum absolute atomic E-state index is 13.5. The summed E-state index contributed by atoms with van der Waals surface area (Å²) in [6.07, 6.45) is 4.81. The zero-order valence-electron chi connectivity index (χ0n) is 19.5. The Balaban J connectivity index is 1.27. The lowest BCUT2D eigenvalue weighted by Crippen LogP contribution is -2.58. The van der Waals surface area contributed by atoms with Gasteiger partial charge in [-0.3, -0.25) is 14.5 Å². The molecule has 0 unspecified atom stereocenters. The second kappa shape index (κ2) is 8.67. The lowest BCUT2D eigenvalue weighted by molar-refractivity contribution is -0.142. The Bertz CT molecular complexity index is 1160. The van der Waals surface area contributed by atoms with Gasteiger partial charge in [0.2, 0.25) is 11.8 Å². The van der Waals surface area contributed by atoms with Gasteiger partial charge in [0.15, 0.2) is 0 Å². The van der Waals surface area contributed by atoms with Gasteiger partial charge in [-0.25, -0.2) is 0 Å². The monoisotopic (exact) mass is 444 g/mol. The van der Waals surface area contributed by atoms with E-state index in [1.807, 2.05) is 55.4 Å². The first-order chi connectivity index (χ1) is 15.9. The van der Waals surface area contributed by atoms with Crippen LogP contribution in [0.15, 0.2) is 60.8 Å². The van der Waals surface area contributed by atoms with Crippen molar-refractivity contribution < 1.29 is 9.59 Å². The second-order valence-electron chi connectivity index (χ2n) is 9.68. The number of benzene rings is 2. The lowest BCUT2D eigenvalue weighted by Gasteiger charge is -2.43. The molecule has 5 rings (SSSR count). The number of nitrogens with one attached hydrogen (secondary N) is 1. The quantitative estimate of drug-likeness (QED) is 0.643. The molecule has 1 aromatic heterocycles. The Morgan fingerprint density at radius 1 is 1.09 bits per heavy atom. The van der Waals surface area contributed by atoms with E-state index >= 15 is 0 Å². The Labute approximate surface area is 195 Å². The molecule has 3 heterocycles. The van der Waals surface area contributed by atoms with Crippen LogP contribution in [0.3, 0.4) is 0 Å². The third-order valence-corrected chi connectivity index (χ3v) is 7.43. The molecule has 3 aromatic rings. The standard InChI is InChI=1S/C27H32N4O2/c1-27(26(33)28-22-8-9-24-21(18-22)11-15-29(24)2)14-10-25(32)31(27)23-12-16-30(17-13-23)19-20-6-4-3-5-7-20/h3-9,11,15,18,23H,10,12-14,16-17,19H2,1-2H3,(H,28,33)/t27-/m0/s1. The summed E-state index contributed by atoms with van der Waals surface area (Å²) in [6, 6.07) is 18.6. The molecule has 2 fully saturated rings. The fourth-order valence-electron chi connectivity index (χ4n) is 5.50. The van der Waals surface area contributed by atoms with Gasteiger partial charge in [0, 0.05) is 61.9 Å². The number of hydrogen-bond acceptors (Lipinski definition) is 3. The van der Waals surface area contributed by atoms with E-state index in [9.17, 15) is 9.59 Å². The van der Waals surface area contributed by atoms with E-state index in [-0.39, 0.29) is 17.9 Å². The van der Waals surface area contributed by atoms with Crippen LogP contribution >= 0.6 is 0 Å². The zero-order chi connectivity index (χ0) is 23.0. The summed E-state index contributed by atoms with van der Waals surface area (Å²) in [4.78, 5) is 30.7. The van der Waals surface area contributed by atoms with Crippen LogP contribution in [0.4, 0.5) is 5.69 Å². The number of piperidine rings is 1. The highest BCUT2D eigenvalue weighted by Gasteiger charge is 2.50. The van der Waals surface area contributed by atoms with E-state index in [1.54, 1.807) is 0 Å². The fraction of sp³-hybridized carbons (Fsp3) is 0.407. The van der Waals surface area contributed by atoms with Crippen LogP contribution in [0.5, 0.6) is 0 Å². The molecule has 0 aliphatic carbocycles. The SMILES string of the molecule is Cn1ccc2cc(NC(=O)[C@]3(C)CCC(=O)N3C3CCN(Cc4ccccc4)CC3)ccc21. The number of amides is 2. The van der Waals surface area contributed by atoms with Crippen molar-refractivity contribution in [2.45, 2.75) is 50.7 Å². The number of fused-ring (bicyclic) bond motifs is 1. The number of aryl methyl sites for hydroxylation is 1. The van der Waals surface area contributed by atoms with Gasteiger partial charge >= 0.3 is 0 Å². The van der Waals surface area contributed by atoms with Crippen LogP contribution in [0, 0.1) is 0 Å². The van der Waals surface area contributed by atoms with Crippen LogP contribution < -0.4 is 5.32 Å². The molecule has 0 spiro atoms. The number of carbonyl (C=O) groups is 2. The van der Waals surface area contributed by atoms with E-state index in [0.717, 1.165) is 49.1 Å². The van der Waals surface area contributed by atoms with Crippen LogP contribution in [-0.2, 0) is 23.2 Å². The molecule has 0 saturated carbocycles. The maximum Gasteiger partial charge on any atom is 0.250 e. The van der Waals surface area contributed by atoms with E-state index in [1.165, 1.54) is 5.56 Å². The first-order valence-electron chi connectivity index (χ1n) is 11.9. The molecule has 2 aliphatic heterocycles. The van der Waals surface area contributed by atoms with Crippen molar-refractivity contribution in [2.75, 3.05) is 18.4 Å². The van der Waals surface area contributed by atoms with E-state index in [4.69, 9.17) is 0 Å². The molecular weight excluding hydrogens is 412 g/mol. The van der Waals surface area contributed by atoms with E-state index in [2.05, 4.69) is 39.0 Å². The molecule has 1 N–H and O–H groups in total. The molecule has 1 atom stereocenters. The molecule has 0 radical (unpaired) electrons. The number of aromatic nitrogens is 1. The normalized spacial score (nSPS) is 22.2. The first kappa shape index (κ1) is 21.7. The average Bonchev–Trinajstić information content (AvgIpc) is 3.34. The third-order valence-electron chi connectivity index (χ3n) is 7.43. The molecule has 2 amide bonds. The summed E-state index contributed by atoms with van der Waals surface area (Å²) >= 11 is 0. The van der Waals surface area contributed by atoms with Crippen molar-refractivity contribution in [3.8, 4) is 0 Å². The molecule has 0 bridgehead atoms. The van der Waals surface area contributed by atoms with Crippen LogP contribution in [0.25, 0.3) is 10.9 Å². The molecule has 33 heavy (non-hydrogen) atoms. The van der Waals surface area contributed by atoms with Crippen molar-refractivity contribution in [3.05, 3.63) is 66.4 Å². The molecule has 6 nitrogen and oxygen atoms in total. The Hall–Kier alpha value is -3.12. The highest BCUT2D eigenvalue weighted by molar-refractivity contribution is 6.03. The molecule has 2 saturated heterocycles. The van der Waals surface area contributed by atoms with Gasteiger partial charge < -0.3 is 14.8 Å². The van der Waals surface area contributed by atoms with Crippen LogP contribution in [-0.4, -0.2) is 50.9 Å². The van der Waals surface area contributed by atoms with Crippen molar-refractivity contribution in [1.29, 1.82) is 0 Å². The van der Waals surface area contributed by atoms with Crippen molar-refractivity contribution in [2.24, 2.45) is 7.05 Å². The molecular formula is C27H32N4O2. The Morgan fingerprint density at radius 2 is 1.85 bits per heavy atom. The number of carbonyl (C=O) groups excluding carboxylic acids is 2. The van der Waals surface area contributed by atoms with Crippen molar-refractivity contribution in [1.82, 2.24) is 14.4 Å². The minimum atomic E-state index is -0.811. The van der Waals surface area contributed by atoms with Gasteiger partial charge in [0.05, 0.1) is 0 Å². The summed E-state index contributed by atoms with van der Waals surface area (Å²) in [7, 11) is 2.01. The molecule has 6 heteroatoms. The van der Waals surface area contributed by atoms with Gasteiger partial charge in [0.1, 0.15) is 5.54 Å². The Kier molecular flexibility index (Phi) is 5.71. The third kappa shape index (κ3) is 4.15. The number of nitrogens with zero attached hydrogens (tertiary/aromatic N) is 3. The minimum Gasteiger partial charge on any atom is -0.351 e. The number of rotatable bonds is 5. The fourth-order valence-corrected chi connectivity index (χ4v) is 5.50. The molecule has 172 valence electrons. The van der Waals surface area contributed by atoms with E-state index in [0.29, 0.717) is 12.8 Å². The second-order valence-corrected chi connectivity index (χ2v) is 9.68. The summed E-state index contributed by atoms with van der Waals surface area (Å²) in [6.45, 7) is 4.74. The predicted octanol–water partition coefficient (Wildman–Crippen LogP) is 4.16. The highest BCUT2D eigenvalue weighted by Crippen LogP contribution is 2.36. The summed E-state index contributed by atoms with van der Waals surface area (Å²) in [5.41, 5.74) is 2.40. The minimum absolute atomic E-state index is 0.0876. The molecule has 2 aliphatic rings. The smallest absolute Gasteiger partial charge is 0.250 e. The number of hydrogen-bond donors (Lipinski definition) is 1. The Morgan fingerprint density at radius 3 is 2.61 bits per heavy atom. The first-order valence-corrected chi connectivity index (χ1v) is 11.9. The summed E-state index contributed by atoms with van der Waals surface area (Å²) in [5, 5.41) is 4.19. The number of anilines is 1. The largest absolute Gasteiger partial charge is 0.351 e. The van der Waals surface area contributed by atoms with Gasteiger partial charge in [-0.15, -0.1) is 0 Å². The summed E-state index contributed by atoms with van der Waals surface area (Å²) in [5.74, 6) is 0.0167. The van der Waals surface area contributed by atoms with Gasteiger partial charge in [-0.1, -0.05) is 30.3 Å². The van der Waals surface area contributed by atoms with Crippen molar-refractivity contribution >= 4 is 28.4 Å². The number of likely N-dealkylation sites (tertiary alicyclic amines) is 2. The van der Waals surface area contributed by atoms with Crippen molar-refractivity contribution in [3.63, 3.8) is 0 Å². The zero-order valence-corrected chi connectivity index (χ0v) is 19.5. The van der Waals surface area contributed by atoms with Gasteiger partial charge in [-0.05, 0) is 56.0 Å². The topological polar surface area (TPSA) is 57.6 Å². The van der Waals surface area contributed by atoms with Crippen LogP contribution in [0.1, 0.15) is 38.2 Å². The highest BCUT2D eigenvalue weighted by atomic mass is 16.2. The predicted molar refractivity (Wildman–Crippen MR) is 131 cm³/mol. The van der Waals surface area contributed by atoms with Gasteiger partial charge in [0.25, 0.3) is 0 Å². The summed E-state index contributed by atoms with van der Waals surface area (Å²) < 4.78 is 2.06.